The Bertz CT molecular complexity index is 534. The second-order valence-electron chi connectivity index (χ2n) is 5.89. The lowest BCUT2D eigenvalue weighted by atomic mass is 9.90. The molecule has 0 radical (unpaired) electrons. The minimum atomic E-state index is -0.0662. The summed E-state index contributed by atoms with van der Waals surface area (Å²) in [7, 11) is 0. The van der Waals surface area contributed by atoms with Gasteiger partial charge in [0.1, 0.15) is 5.60 Å². The zero-order valence-corrected chi connectivity index (χ0v) is 11.6. The van der Waals surface area contributed by atoms with Gasteiger partial charge < -0.3 is 19.9 Å². The van der Waals surface area contributed by atoms with Crippen LogP contribution in [-0.2, 0) is 6.42 Å². The van der Waals surface area contributed by atoms with Gasteiger partial charge in [-0.2, -0.15) is 0 Å². The summed E-state index contributed by atoms with van der Waals surface area (Å²) >= 11 is 0. The Balaban J connectivity index is 1.62. The lowest BCUT2D eigenvalue weighted by molar-refractivity contribution is 0.0506. The quantitative estimate of drug-likeness (QED) is 0.878. The van der Waals surface area contributed by atoms with E-state index in [1.54, 1.807) is 0 Å². The SMILES string of the molecule is NCCN1CCC2(CCc3ccc4c(c3O2)OCO4)C1. The maximum absolute atomic E-state index is 6.41. The smallest absolute Gasteiger partial charge is 0.231 e. The van der Waals surface area contributed by atoms with Crippen LogP contribution in [-0.4, -0.2) is 43.5 Å². The predicted molar refractivity (Wildman–Crippen MR) is 74.4 cm³/mol. The zero-order chi connectivity index (χ0) is 13.6. The molecule has 108 valence electrons. The Morgan fingerprint density at radius 2 is 2.15 bits per heavy atom. The summed E-state index contributed by atoms with van der Waals surface area (Å²) in [6.45, 7) is 3.98. The van der Waals surface area contributed by atoms with E-state index in [2.05, 4.69) is 11.0 Å². The van der Waals surface area contributed by atoms with E-state index in [-0.39, 0.29) is 5.60 Å². The number of benzene rings is 1. The van der Waals surface area contributed by atoms with Gasteiger partial charge in [-0.25, -0.2) is 0 Å². The molecule has 0 amide bonds. The molecule has 3 aliphatic rings. The van der Waals surface area contributed by atoms with Crippen LogP contribution in [0, 0.1) is 0 Å². The third-order valence-corrected chi connectivity index (χ3v) is 4.58. The summed E-state index contributed by atoms with van der Waals surface area (Å²) < 4.78 is 17.5. The number of hydrogen-bond acceptors (Lipinski definition) is 5. The van der Waals surface area contributed by atoms with Crippen molar-refractivity contribution in [1.29, 1.82) is 0 Å². The summed E-state index contributed by atoms with van der Waals surface area (Å²) in [5.41, 5.74) is 6.82. The highest BCUT2D eigenvalue weighted by Gasteiger charge is 2.44. The molecule has 1 aromatic rings. The molecule has 5 heteroatoms. The molecule has 1 atom stereocenters. The Morgan fingerprint density at radius 1 is 1.20 bits per heavy atom. The molecule has 1 aromatic carbocycles. The molecule has 2 N–H and O–H groups in total. The highest BCUT2D eigenvalue weighted by atomic mass is 16.7. The minimum absolute atomic E-state index is 0.0662. The fourth-order valence-electron chi connectivity index (χ4n) is 3.51. The second-order valence-corrected chi connectivity index (χ2v) is 5.89. The molecule has 5 nitrogen and oxygen atoms in total. The highest BCUT2D eigenvalue weighted by molar-refractivity contribution is 5.58. The van der Waals surface area contributed by atoms with E-state index in [9.17, 15) is 0 Å². The van der Waals surface area contributed by atoms with Gasteiger partial charge in [0.05, 0.1) is 0 Å². The molecular formula is C15H20N2O3. The van der Waals surface area contributed by atoms with Crippen LogP contribution in [0.4, 0.5) is 0 Å². The van der Waals surface area contributed by atoms with Gasteiger partial charge in [-0.1, -0.05) is 6.07 Å². The topological polar surface area (TPSA) is 57.0 Å². The lowest BCUT2D eigenvalue weighted by Gasteiger charge is -2.36. The van der Waals surface area contributed by atoms with Crippen LogP contribution in [0.2, 0.25) is 0 Å². The van der Waals surface area contributed by atoms with E-state index in [0.717, 1.165) is 56.1 Å². The van der Waals surface area contributed by atoms with E-state index >= 15 is 0 Å². The number of aryl methyl sites for hydroxylation is 1. The number of nitrogens with two attached hydrogens (primary N) is 1. The van der Waals surface area contributed by atoms with Crippen molar-refractivity contribution in [2.75, 3.05) is 33.0 Å². The third kappa shape index (κ3) is 1.84. The Morgan fingerprint density at radius 3 is 3.05 bits per heavy atom. The van der Waals surface area contributed by atoms with Crippen LogP contribution >= 0.6 is 0 Å². The third-order valence-electron chi connectivity index (χ3n) is 4.58. The van der Waals surface area contributed by atoms with Crippen molar-refractivity contribution in [3.05, 3.63) is 17.7 Å². The largest absolute Gasteiger partial charge is 0.482 e. The standard InChI is InChI=1S/C15H20N2O3/c16-6-8-17-7-5-15(9-17)4-3-11-1-2-12-14(13(11)20-15)19-10-18-12/h1-2H,3-10,16H2. The fourth-order valence-corrected chi connectivity index (χ4v) is 3.51. The molecule has 4 rings (SSSR count). The first kappa shape index (κ1) is 12.3. The first-order valence-corrected chi connectivity index (χ1v) is 7.33. The Hall–Kier alpha value is -1.46. The summed E-state index contributed by atoms with van der Waals surface area (Å²) in [6, 6.07) is 4.08. The molecule has 1 spiro atoms. The molecular weight excluding hydrogens is 256 g/mol. The summed E-state index contributed by atoms with van der Waals surface area (Å²) in [6.07, 6.45) is 3.18. The monoisotopic (exact) mass is 276 g/mol. The molecule has 0 saturated carbocycles. The number of hydrogen-bond donors (Lipinski definition) is 1. The number of nitrogens with zero attached hydrogens (tertiary/aromatic N) is 1. The lowest BCUT2D eigenvalue weighted by Crippen LogP contribution is -2.43. The normalized spacial score (nSPS) is 27.6. The van der Waals surface area contributed by atoms with E-state index in [1.165, 1.54) is 5.56 Å². The summed E-state index contributed by atoms with van der Waals surface area (Å²) in [4.78, 5) is 2.39. The van der Waals surface area contributed by atoms with Crippen LogP contribution in [0.15, 0.2) is 12.1 Å². The first-order chi connectivity index (χ1) is 9.80. The second kappa shape index (κ2) is 4.53. The highest BCUT2D eigenvalue weighted by Crippen LogP contribution is 2.49. The van der Waals surface area contributed by atoms with Gasteiger partial charge >= 0.3 is 0 Å². The summed E-state index contributed by atoms with van der Waals surface area (Å²) in [5, 5.41) is 0. The van der Waals surface area contributed by atoms with Gasteiger partial charge in [0.2, 0.25) is 12.5 Å². The molecule has 0 bridgehead atoms. The maximum Gasteiger partial charge on any atom is 0.231 e. The molecule has 1 unspecified atom stereocenters. The maximum atomic E-state index is 6.41. The van der Waals surface area contributed by atoms with Gasteiger partial charge in [0.15, 0.2) is 11.5 Å². The molecule has 3 aliphatic heterocycles. The van der Waals surface area contributed by atoms with Gasteiger partial charge in [-0.3, -0.25) is 4.90 Å². The Kier molecular flexibility index (Phi) is 2.79. The number of fused-ring (bicyclic) bond motifs is 3. The van der Waals surface area contributed by atoms with Crippen LogP contribution in [0.25, 0.3) is 0 Å². The van der Waals surface area contributed by atoms with Gasteiger partial charge in [0.25, 0.3) is 0 Å². The van der Waals surface area contributed by atoms with E-state index < -0.39 is 0 Å². The van der Waals surface area contributed by atoms with Crippen LogP contribution in [0.5, 0.6) is 17.2 Å². The average Bonchev–Trinajstić information content (AvgIpc) is 3.07. The first-order valence-electron chi connectivity index (χ1n) is 7.33. The zero-order valence-electron chi connectivity index (χ0n) is 11.6. The van der Waals surface area contributed by atoms with Crippen LogP contribution < -0.4 is 19.9 Å². The van der Waals surface area contributed by atoms with Gasteiger partial charge in [-0.05, 0) is 24.5 Å². The van der Waals surface area contributed by atoms with Crippen molar-refractivity contribution >= 4 is 0 Å². The molecule has 0 aliphatic carbocycles. The van der Waals surface area contributed by atoms with Crippen molar-refractivity contribution in [2.24, 2.45) is 5.73 Å². The van der Waals surface area contributed by atoms with Crippen LogP contribution in [0.3, 0.4) is 0 Å². The fraction of sp³-hybridized carbons (Fsp3) is 0.600. The average molecular weight is 276 g/mol. The van der Waals surface area contributed by atoms with Gasteiger partial charge in [0, 0.05) is 32.6 Å². The Labute approximate surface area is 118 Å². The predicted octanol–water partition coefficient (Wildman–Crippen LogP) is 1.14. The summed E-state index contributed by atoms with van der Waals surface area (Å²) in [5.74, 6) is 2.50. The molecule has 0 aromatic heterocycles. The number of likely N-dealkylation sites (tertiary alicyclic amines) is 1. The van der Waals surface area contributed by atoms with Crippen molar-refractivity contribution in [3.8, 4) is 17.2 Å². The molecule has 20 heavy (non-hydrogen) atoms. The molecule has 1 fully saturated rings. The number of ether oxygens (including phenoxy) is 3. The molecule has 3 heterocycles. The van der Waals surface area contributed by atoms with Crippen molar-refractivity contribution in [1.82, 2.24) is 4.90 Å². The van der Waals surface area contributed by atoms with Gasteiger partial charge in [-0.15, -0.1) is 0 Å². The van der Waals surface area contributed by atoms with Crippen molar-refractivity contribution in [2.45, 2.75) is 24.9 Å². The van der Waals surface area contributed by atoms with E-state index in [1.807, 2.05) is 6.07 Å². The number of rotatable bonds is 2. The van der Waals surface area contributed by atoms with Crippen molar-refractivity contribution < 1.29 is 14.2 Å². The minimum Gasteiger partial charge on any atom is -0.482 e. The molecule has 1 saturated heterocycles. The van der Waals surface area contributed by atoms with E-state index in [4.69, 9.17) is 19.9 Å². The van der Waals surface area contributed by atoms with Crippen LogP contribution in [0.1, 0.15) is 18.4 Å². The van der Waals surface area contributed by atoms with E-state index in [0.29, 0.717) is 13.3 Å². The van der Waals surface area contributed by atoms with Crippen molar-refractivity contribution in [3.63, 3.8) is 0 Å².